The van der Waals surface area contributed by atoms with Gasteiger partial charge in [-0.1, -0.05) is 83.9 Å². The maximum absolute atomic E-state index is 12.8. The molecule has 0 unspecified atom stereocenters. The van der Waals surface area contributed by atoms with Crippen LogP contribution in [0, 0.1) is 0 Å². The molecule has 27 heavy (non-hydrogen) atoms. The molecular formula is C23H17Cl2NO. The molecule has 1 aliphatic rings. The van der Waals surface area contributed by atoms with Crippen LogP contribution in [0.5, 0.6) is 0 Å². The lowest BCUT2D eigenvalue weighted by molar-refractivity contribution is -0.126. The minimum absolute atomic E-state index is 0.0318. The normalized spacial score (nSPS) is 15.9. The molecule has 3 aromatic rings. The summed E-state index contributed by atoms with van der Waals surface area (Å²) in [6, 6.07) is 23.5. The summed E-state index contributed by atoms with van der Waals surface area (Å²) in [4.78, 5) is 14.6. The SMILES string of the molecule is CC(=O)N1C(c2ccc(Cl)c(Cl)c2)=Cc2ccccc2[C@H]1c1ccccc1. The largest absolute Gasteiger partial charge is 0.300 e. The number of amides is 1. The fourth-order valence-corrected chi connectivity index (χ4v) is 3.88. The Kier molecular flexibility index (Phi) is 4.77. The van der Waals surface area contributed by atoms with Crippen LogP contribution in [0.25, 0.3) is 11.8 Å². The van der Waals surface area contributed by atoms with Crippen molar-refractivity contribution < 1.29 is 4.79 Å². The number of halogens is 2. The zero-order chi connectivity index (χ0) is 19.0. The van der Waals surface area contributed by atoms with Gasteiger partial charge in [-0.05, 0) is 40.5 Å². The van der Waals surface area contributed by atoms with Crippen molar-refractivity contribution in [1.82, 2.24) is 4.90 Å². The van der Waals surface area contributed by atoms with E-state index in [1.54, 1.807) is 13.0 Å². The Morgan fingerprint density at radius 3 is 2.30 bits per heavy atom. The quantitative estimate of drug-likeness (QED) is 0.490. The Morgan fingerprint density at radius 2 is 1.59 bits per heavy atom. The van der Waals surface area contributed by atoms with Gasteiger partial charge >= 0.3 is 0 Å². The number of nitrogens with zero attached hydrogens (tertiary/aromatic N) is 1. The number of benzene rings is 3. The molecule has 2 nitrogen and oxygen atoms in total. The molecule has 0 N–H and O–H groups in total. The number of rotatable bonds is 2. The summed E-state index contributed by atoms with van der Waals surface area (Å²) in [6.07, 6.45) is 2.04. The number of hydrogen-bond acceptors (Lipinski definition) is 1. The maximum Gasteiger partial charge on any atom is 0.224 e. The predicted octanol–water partition coefficient (Wildman–Crippen LogP) is 6.44. The predicted molar refractivity (Wildman–Crippen MR) is 112 cm³/mol. The van der Waals surface area contributed by atoms with Crippen LogP contribution in [0.3, 0.4) is 0 Å². The third-order valence-electron chi connectivity index (χ3n) is 4.77. The first kappa shape index (κ1) is 17.8. The van der Waals surface area contributed by atoms with Gasteiger partial charge in [0.1, 0.15) is 0 Å². The van der Waals surface area contributed by atoms with E-state index in [0.29, 0.717) is 10.0 Å². The Labute approximate surface area is 168 Å². The van der Waals surface area contributed by atoms with Crippen molar-refractivity contribution in [3.8, 4) is 0 Å². The highest BCUT2D eigenvalue weighted by molar-refractivity contribution is 6.42. The van der Waals surface area contributed by atoms with Gasteiger partial charge in [0.2, 0.25) is 5.91 Å². The molecule has 0 fully saturated rings. The fourth-order valence-electron chi connectivity index (χ4n) is 3.58. The molecule has 3 aromatic carbocycles. The zero-order valence-electron chi connectivity index (χ0n) is 14.7. The molecule has 4 rings (SSSR count). The van der Waals surface area contributed by atoms with Crippen molar-refractivity contribution in [3.63, 3.8) is 0 Å². The highest BCUT2D eigenvalue weighted by Crippen LogP contribution is 2.42. The first-order valence-corrected chi connectivity index (χ1v) is 9.42. The van der Waals surface area contributed by atoms with Gasteiger partial charge in [-0.25, -0.2) is 0 Å². The molecule has 0 spiro atoms. The Morgan fingerprint density at radius 1 is 0.889 bits per heavy atom. The fraction of sp³-hybridized carbons (Fsp3) is 0.0870. The maximum atomic E-state index is 12.8. The minimum atomic E-state index is -0.200. The molecule has 0 aromatic heterocycles. The summed E-state index contributed by atoms with van der Waals surface area (Å²) in [6.45, 7) is 1.59. The lowest BCUT2D eigenvalue weighted by Crippen LogP contribution is -2.34. The van der Waals surface area contributed by atoms with E-state index in [2.05, 4.69) is 24.3 Å². The average molecular weight is 394 g/mol. The van der Waals surface area contributed by atoms with Crippen molar-refractivity contribution in [2.24, 2.45) is 0 Å². The van der Waals surface area contributed by atoms with E-state index in [1.165, 1.54) is 0 Å². The zero-order valence-corrected chi connectivity index (χ0v) is 16.2. The average Bonchev–Trinajstić information content (AvgIpc) is 2.69. The van der Waals surface area contributed by atoms with E-state index in [-0.39, 0.29) is 11.9 Å². The second kappa shape index (κ2) is 7.22. The van der Waals surface area contributed by atoms with E-state index in [1.807, 2.05) is 53.4 Å². The molecule has 1 aliphatic heterocycles. The van der Waals surface area contributed by atoms with Crippen molar-refractivity contribution in [2.75, 3.05) is 0 Å². The second-order valence-electron chi connectivity index (χ2n) is 6.49. The van der Waals surface area contributed by atoms with E-state index >= 15 is 0 Å². The standard InChI is InChI=1S/C23H17Cl2NO/c1-15(27)26-22(18-11-12-20(24)21(25)13-18)14-17-9-5-6-10-19(17)23(26)16-7-3-2-4-8-16/h2-14,23H,1H3/t23-/m1/s1. The Bertz CT molecular complexity index is 1040. The van der Waals surface area contributed by atoms with Gasteiger partial charge in [0, 0.05) is 6.92 Å². The van der Waals surface area contributed by atoms with Gasteiger partial charge in [0.05, 0.1) is 21.8 Å². The third kappa shape index (κ3) is 3.27. The van der Waals surface area contributed by atoms with Gasteiger partial charge in [0.15, 0.2) is 0 Å². The van der Waals surface area contributed by atoms with Crippen LogP contribution >= 0.6 is 23.2 Å². The first-order chi connectivity index (χ1) is 13.1. The number of hydrogen-bond donors (Lipinski definition) is 0. The van der Waals surface area contributed by atoms with Gasteiger partial charge in [-0.3, -0.25) is 4.79 Å². The number of carbonyl (C=O) groups is 1. The molecular weight excluding hydrogens is 377 g/mol. The van der Waals surface area contributed by atoms with E-state index in [9.17, 15) is 4.79 Å². The Balaban J connectivity index is 1.96. The minimum Gasteiger partial charge on any atom is -0.300 e. The number of carbonyl (C=O) groups excluding carboxylic acids is 1. The lowest BCUT2D eigenvalue weighted by atomic mass is 9.87. The van der Waals surface area contributed by atoms with Crippen LogP contribution in [0.15, 0.2) is 72.8 Å². The highest BCUT2D eigenvalue weighted by Gasteiger charge is 2.33. The summed E-state index contributed by atoms with van der Waals surface area (Å²) < 4.78 is 0. The van der Waals surface area contributed by atoms with Gasteiger partial charge in [-0.15, -0.1) is 0 Å². The summed E-state index contributed by atoms with van der Waals surface area (Å²) in [5, 5.41) is 0.958. The van der Waals surface area contributed by atoms with Crippen LogP contribution in [-0.2, 0) is 4.79 Å². The molecule has 1 heterocycles. The van der Waals surface area contributed by atoms with Crippen molar-refractivity contribution >= 4 is 40.9 Å². The summed E-state index contributed by atoms with van der Waals surface area (Å²) >= 11 is 12.3. The number of fused-ring (bicyclic) bond motifs is 1. The van der Waals surface area contributed by atoms with E-state index < -0.39 is 0 Å². The van der Waals surface area contributed by atoms with Crippen LogP contribution in [0.2, 0.25) is 10.0 Å². The molecule has 1 atom stereocenters. The topological polar surface area (TPSA) is 20.3 Å². The van der Waals surface area contributed by atoms with Crippen LogP contribution in [-0.4, -0.2) is 10.8 Å². The molecule has 0 saturated heterocycles. The highest BCUT2D eigenvalue weighted by atomic mass is 35.5. The summed E-state index contributed by atoms with van der Waals surface area (Å²) in [5.41, 5.74) is 4.92. The smallest absolute Gasteiger partial charge is 0.224 e. The van der Waals surface area contributed by atoms with E-state index in [4.69, 9.17) is 23.2 Å². The Hall–Kier alpha value is -2.55. The van der Waals surface area contributed by atoms with Gasteiger partial charge in [-0.2, -0.15) is 0 Å². The van der Waals surface area contributed by atoms with Crippen LogP contribution in [0.4, 0.5) is 0 Å². The molecule has 0 bridgehead atoms. The van der Waals surface area contributed by atoms with Crippen molar-refractivity contribution in [3.05, 3.63) is 105 Å². The first-order valence-electron chi connectivity index (χ1n) is 8.67. The molecule has 4 heteroatoms. The van der Waals surface area contributed by atoms with Crippen molar-refractivity contribution in [1.29, 1.82) is 0 Å². The lowest BCUT2D eigenvalue weighted by Gasteiger charge is -2.38. The van der Waals surface area contributed by atoms with Crippen LogP contribution < -0.4 is 0 Å². The molecule has 0 saturated carbocycles. The van der Waals surface area contributed by atoms with E-state index in [0.717, 1.165) is 28.0 Å². The van der Waals surface area contributed by atoms with Gasteiger partial charge < -0.3 is 4.90 Å². The monoisotopic (exact) mass is 393 g/mol. The molecule has 1 amide bonds. The summed E-state index contributed by atoms with van der Waals surface area (Å²) in [7, 11) is 0. The molecule has 0 radical (unpaired) electrons. The third-order valence-corrected chi connectivity index (χ3v) is 5.51. The second-order valence-corrected chi connectivity index (χ2v) is 7.30. The van der Waals surface area contributed by atoms with Gasteiger partial charge in [0.25, 0.3) is 0 Å². The molecule has 0 aliphatic carbocycles. The van der Waals surface area contributed by atoms with Crippen molar-refractivity contribution in [2.45, 2.75) is 13.0 Å². The summed E-state index contributed by atoms with van der Waals surface area (Å²) in [5.74, 6) is -0.0318. The molecule has 134 valence electrons. The van der Waals surface area contributed by atoms with Crippen LogP contribution in [0.1, 0.15) is 35.2 Å².